The molecule has 3 N–H and O–H groups in total. The van der Waals surface area contributed by atoms with Gasteiger partial charge in [-0.2, -0.15) is 18.3 Å². The molecule has 2 aliphatic carbocycles. The average molecular weight is 627 g/mol. The van der Waals surface area contributed by atoms with Gasteiger partial charge in [-0.1, -0.05) is 17.7 Å². The quantitative estimate of drug-likeness (QED) is 0.185. The molecular formula is C32H34F4N6O3. The number of benzene rings is 1. The fourth-order valence-electron chi connectivity index (χ4n) is 5.26. The third-order valence-electron chi connectivity index (χ3n) is 7.91. The molecule has 3 atom stereocenters. The number of allylic oxidation sites excluding steroid dienone is 1. The fourth-order valence-corrected chi connectivity index (χ4v) is 5.26. The molecule has 0 spiro atoms. The molecule has 2 saturated carbocycles. The van der Waals surface area contributed by atoms with E-state index in [9.17, 15) is 27.6 Å². The Kier molecular flexibility index (Phi) is 9.08. The van der Waals surface area contributed by atoms with E-state index in [0.717, 1.165) is 49.0 Å². The van der Waals surface area contributed by atoms with Crippen LogP contribution in [0.15, 0.2) is 66.0 Å². The van der Waals surface area contributed by atoms with E-state index in [4.69, 9.17) is 0 Å². The summed E-state index contributed by atoms with van der Waals surface area (Å²) >= 11 is 0. The van der Waals surface area contributed by atoms with Gasteiger partial charge in [0.05, 0.1) is 17.3 Å². The predicted molar refractivity (Wildman–Crippen MR) is 157 cm³/mol. The minimum Gasteiger partial charge on any atom is -0.339 e. The predicted octanol–water partition coefficient (Wildman–Crippen LogP) is 5.76. The smallest absolute Gasteiger partial charge is 0.339 e. The number of carbonyl (C=O) groups excluding carboxylic acids is 3. The van der Waals surface area contributed by atoms with Crippen LogP contribution in [-0.2, 0) is 9.59 Å². The van der Waals surface area contributed by atoms with Crippen LogP contribution in [0, 0.1) is 11.7 Å². The number of halogens is 4. The van der Waals surface area contributed by atoms with Crippen LogP contribution in [0.3, 0.4) is 0 Å². The zero-order chi connectivity index (χ0) is 32.5. The largest absolute Gasteiger partial charge is 0.414 e. The molecule has 1 aromatic carbocycles. The molecule has 1 unspecified atom stereocenters. The summed E-state index contributed by atoms with van der Waals surface area (Å²) in [5.41, 5.74) is 1.78. The third-order valence-corrected chi connectivity index (χ3v) is 7.91. The van der Waals surface area contributed by atoms with Crippen LogP contribution < -0.4 is 16.0 Å². The highest BCUT2D eigenvalue weighted by Gasteiger charge is 2.44. The molecule has 2 aliphatic rings. The molecule has 13 heteroatoms. The maximum Gasteiger partial charge on any atom is 0.414 e. The zero-order valence-electron chi connectivity index (χ0n) is 25.0. The first-order valence-corrected chi connectivity index (χ1v) is 14.8. The SMILES string of the molecule is CC(C)n1nccc1C(=O)N[C@H](C(=O)Nc1ccc([C@H](C)C(=O)NC(c2ccccn2)C(F)(F)F)cc1F)C(=C1CC1)C1CC1. The number of hydrogen-bond acceptors (Lipinski definition) is 5. The van der Waals surface area contributed by atoms with Crippen molar-refractivity contribution in [2.45, 2.75) is 76.7 Å². The number of nitrogens with one attached hydrogen (secondary N) is 3. The van der Waals surface area contributed by atoms with Crippen LogP contribution in [0.1, 0.15) is 86.2 Å². The lowest BCUT2D eigenvalue weighted by molar-refractivity contribution is -0.164. The number of rotatable bonds is 11. The van der Waals surface area contributed by atoms with Crippen LogP contribution in [0.2, 0.25) is 0 Å². The highest BCUT2D eigenvalue weighted by molar-refractivity contribution is 6.02. The lowest BCUT2D eigenvalue weighted by Gasteiger charge is -2.24. The normalized spacial score (nSPS) is 16.5. The first-order valence-electron chi connectivity index (χ1n) is 14.8. The third kappa shape index (κ3) is 7.40. The molecular weight excluding hydrogens is 592 g/mol. The molecule has 0 saturated heterocycles. The summed E-state index contributed by atoms with van der Waals surface area (Å²) in [6, 6.07) is 5.70. The molecule has 0 radical (unpaired) electrons. The summed E-state index contributed by atoms with van der Waals surface area (Å²) < 4.78 is 58.1. The Morgan fingerprint density at radius 2 is 1.69 bits per heavy atom. The monoisotopic (exact) mass is 626 g/mol. The number of alkyl halides is 3. The van der Waals surface area contributed by atoms with E-state index in [2.05, 4.69) is 20.7 Å². The highest BCUT2D eigenvalue weighted by Crippen LogP contribution is 2.46. The number of amides is 3. The van der Waals surface area contributed by atoms with Crippen LogP contribution in [0.4, 0.5) is 23.2 Å². The molecule has 238 valence electrons. The molecule has 2 heterocycles. The van der Waals surface area contributed by atoms with Crippen molar-refractivity contribution >= 4 is 23.4 Å². The Bertz CT molecular complexity index is 1610. The Morgan fingerprint density at radius 3 is 2.27 bits per heavy atom. The van der Waals surface area contributed by atoms with Crippen molar-refractivity contribution in [2.24, 2.45) is 5.92 Å². The van der Waals surface area contributed by atoms with Gasteiger partial charge in [0.25, 0.3) is 11.8 Å². The lowest BCUT2D eigenvalue weighted by Crippen LogP contribution is -2.46. The minimum atomic E-state index is -4.81. The molecule has 9 nitrogen and oxygen atoms in total. The van der Waals surface area contributed by atoms with Crippen molar-refractivity contribution in [1.82, 2.24) is 25.4 Å². The van der Waals surface area contributed by atoms with Gasteiger partial charge in [-0.25, -0.2) is 4.39 Å². The van der Waals surface area contributed by atoms with Gasteiger partial charge in [0.15, 0.2) is 6.04 Å². The van der Waals surface area contributed by atoms with Crippen molar-refractivity contribution in [1.29, 1.82) is 0 Å². The van der Waals surface area contributed by atoms with Gasteiger partial charge in [-0.3, -0.25) is 24.0 Å². The van der Waals surface area contributed by atoms with Gasteiger partial charge < -0.3 is 16.0 Å². The highest BCUT2D eigenvalue weighted by atomic mass is 19.4. The number of pyridine rings is 1. The van der Waals surface area contributed by atoms with E-state index in [0.29, 0.717) is 0 Å². The van der Waals surface area contributed by atoms with Crippen LogP contribution in [0.25, 0.3) is 0 Å². The summed E-state index contributed by atoms with van der Waals surface area (Å²) in [4.78, 5) is 43.5. The maximum absolute atomic E-state index is 15.3. The van der Waals surface area contributed by atoms with E-state index in [1.165, 1.54) is 43.6 Å². The minimum absolute atomic E-state index is 0.0934. The lowest BCUT2D eigenvalue weighted by atomic mass is 9.98. The molecule has 2 aromatic heterocycles. The molecule has 45 heavy (non-hydrogen) atoms. The van der Waals surface area contributed by atoms with Gasteiger partial charge in [0.1, 0.15) is 17.6 Å². The zero-order valence-corrected chi connectivity index (χ0v) is 25.0. The Hall–Kier alpha value is -4.55. The van der Waals surface area contributed by atoms with Crippen molar-refractivity contribution in [3.05, 3.63) is 88.8 Å². The first kappa shape index (κ1) is 31.9. The van der Waals surface area contributed by atoms with E-state index >= 15 is 4.39 Å². The van der Waals surface area contributed by atoms with Crippen LogP contribution >= 0.6 is 0 Å². The summed E-state index contributed by atoms with van der Waals surface area (Å²) in [6.07, 6.45) is 1.32. The fraction of sp³-hybridized carbons (Fsp3) is 0.406. The average Bonchev–Trinajstić information content (AvgIpc) is 3.95. The van der Waals surface area contributed by atoms with Gasteiger partial charge in [-0.15, -0.1) is 0 Å². The summed E-state index contributed by atoms with van der Waals surface area (Å²) in [5.74, 6) is -3.97. The summed E-state index contributed by atoms with van der Waals surface area (Å²) in [5, 5.41) is 11.6. The van der Waals surface area contributed by atoms with Gasteiger partial charge in [0.2, 0.25) is 5.91 Å². The number of aromatic nitrogens is 3. The molecule has 5 rings (SSSR count). The van der Waals surface area contributed by atoms with Crippen molar-refractivity contribution in [3.8, 4) is 0 Å². The maximum atomic E-state index is 15.3. The van der Waals surface area contributed by atoms with Gasteiger partial charge in [0, 0.05) is 18.4 Å². The van der Waals surface area contributed by atoms with Crippen LogP contribution in [-0.4, -0.2) is 44.7 Å². The number of carbonyl (C=O) groups is 3. The molecule has 0 aliphatic heterocycles. The number of nitrogens with zero attached hydrogens (tertiary/aromatic N) is 3. The Balaban J connectivity index is 1.32. The number of anilines is 1. The molecule has 2 fully saturated rings. The van der Waals surface area contributed by atoms with Crippen molar-refractivity contribution in [3.63, 3.8) is 0 Å². The summed E-state index contributed by atoms with van der Waals surface area (Å²) in [7, 11) is 0. The van der Waals surface area contributed by atoms with Crippen molar-refractivity contribution < 1.29 is 31.9 Å². The topological polar surface area (TPSA) is 118 Å². The van der Waals surface area contributed by atoms with Crippen LogP contribution in [0.5, 0.6) is 0 Å². The van der Waals surface area contributed by atoms with Gasteiger partial charge in [-0.05, 0) is 93.8 Å². The Labute approximate surface area is 257 Å². The standard InChI is InChI=1S/C32H34F4N6O3/c1-17(2)42-25(13-15-38-42)30(44)40-27(26(19-7-8-19)20-9-10-20)31(45)39-23-12-11-21(16-22(23)33)18(3)29(43)41-28(32(34,35)36)24-6-4-5-14-37-24/h4-6,11-19,27-28H,7-10H2,1-3H3,(H,39,45)(H,40,44)(H,41,43)/t18-,27-,28?/m0/s1. The first-order chi connectivity index (χ1) is 21.3. The second-order valence-corrected chi connectivity index (χ2v) is 11.7. The van der Waals surface area contributed by atoms with E-state index < -0.39 is 47.7 Å². The van der Waals surface area contributed by atoms with E-state index in [1.54, 1.807) is 10.7 Å². The van der Waals surface area contributed by atoms with Gasteiger partial charge >= 0.3 is 6.18 Å². The molecule has 3 aromatic rings. The molecule has 3 amide bonds. The van der Waals surface area contributed by atoms with E-state index in [-0.39, 0.29) is 34.6 Å². The summed E-state index contributed by atoms with van der Waals surface area (Å²) in [6.45, 7) is 5.11. The second kappa shape index (κ2) is 12.8. The van der Waals surface area contributed by atoms with E-state index in [1.807, 2.05) is 19.2 Å². The molecule has 0 bridgehead atoms. The number of hydrogen-bond donors (Lipinski definition) is 3. The van der Waals surface area contributed by atoms with Crippen molar-refractivity contribution in [2.75, 3.05) is 5.32 Å². The second-order valence-electron chi connectivity index (χ2n) is 11.7. The Morgan fingerprint density at radius 1 is 0.956 bits per heavy atom.